The van der Waals surface area contributed by atoms with Crippen molar-refractivity contribution < 1.29 is 22.7 Å². The molecule has 2 aromatic heterocycles. The van der Waals surface area contributed by atoms with Gasteiger partial charge in [0.2, 0.25) is 0 Å². The number of pyridine rings is 1. The lowest BCUT2D eigenvalue weighted by molar-refractivity contribution is -0.189. The van der Waals surface area contributed by atoms with Crippen molar-refractivity contribution in [2.45, 2.75) is 32.3 Å². The Hall–Kier alpha value is -3.58. The second-order valence-corrected chi connectivity index (χ2v) is 7.49. The molecule has 3 heterocycles. The molecule has 0 saturated carbocycles. The van der Waals surface area contributed by atoms with Gasteiger partial charge in [0.05, 0.1) is 22.8 Å². The predicted octanol–water partition coefficient (Wildman–Crippen LogP) is 4.28. The molecule has 1 atom stereocenters. The van der Waals surface area contributed by atoms with Crippen LogP contribution in [0.25, 0.3) is 5.82 Å². The highest BCUT2D eigenvalue weighted by Gasteiger charge is 2.39. The Morgan fingerprint density at radius 2 is 2.06 bits per heavy atom. The van der Waals surface area contributed by atoms with Crippen molar-refractivity contribution >= 4 is 17.5 Å². The van der Waals surface area contributed by atoms with Crippen LogP contribution in [0, 0.1) is 11.3 Å². The second-order valence-electron chi connectivity index (χ2n) is 7.11. The molecule has 32 heavy (non-hydrogen) atoms. The van der Waals surface area contributed by atoms with E-state index in [0.717, 1.165) is 18.6 Å². The highest BCUT2D eigenvalue weighted by molar-refractivity contribution is 6.35. The fraction of sp³-hybridized carbons (Fsp3) is 0.238. The molecule has 3 aromatic rings. The minimum Gasteiger partial charge on any atom is -0.480 e. The molecular formula is C21H15ClF3N5O2. The average molecular weight is 462 g/mol. The molecule has 1 aromatic carbocycles. The van der Waals surface area contributed by atoms with Crippen LogP contribution in [0.15, 0.2) is 42.7 Å². The summed E-state index contributed by atoms with van der Waals surface area (Å²) in [6, 6.07) is 9.57. The Morgan fingerprint density at radius 1 is 1.28 bits per heavy atom. The number of halogens is 4. The largest absolute Gasteiger partial charge is 0.480 e. The van der Waals surface area contributed by atoms with E-state index in [1.165, 1.54) is 11.0 Å². The van der Waals surface area contributed by atoms with Gasteiger partial charge in [0.15, 0.2) is 11.9 Å². The average Bonchev–Trinajstić information content (AvgIpc) is 3.33. The van der Waals surface area contributed by atoms with Crippen LogP contribution in [0.4, 0.5) is 13.2 Å². The number of alkyl halides is 3. The van der Waals surface area contributed by atoms with Gasteiger partial charge in [0.1, 0.15) is 17.4 Å². The molecule has 1 aliphatic heterocycles. The summed E-state index contributed by atoms with van der Waals surface area (Å²) in [5.74, 6) is -0.382. The van der Waals surface area contributed by atoms with E-state index in [1.54, 1.807) is 29.2 Å². The Labute approximate surface area is 185 Å². The molecule has 0 fully saturated rings. The molecule has 0 bridgehead atoms. The van der Waals surface area contributed by atoms with Gasteiger partial charge < -0.3 is 9.64 Å². The zero-order chi connectivity index (χ0) is 23.0. The summed E-state index contributed by atoms with van der Waals surface area (Å²) in [5.41, 5.74) is 1.06. The van der Waals surface area contributed by atoms with Crippen LogP contribution in [-0.4, -0.2) is 37.9 Å². The molecule has 0 N–H and O–H groups in total. The number of carbonyl (C=O) groups is 1. The first-order valence-electron chi connectivity index (χ1n) is 9.43. The molecule has 1 aliphatic rings. The molecule has 1 amide bonds. The fourth-order valence-electron chi connectivity index (χ4n) is 3.26. The van der Waals surface area contributed by atoms with Gasteiger partial charge in [-0.15, -0.1) is 0 Å². The third-order valence-corrected chi connectivity index (χ3v) is 5.35. The van der Waals surface area contributed by atoms with Crippen LogP contribution in [0.2, 0.25) is 5.02 Å². The molecule has 0 saturated heterocycles. The Kier molecular flexibility index (Phi) is 5.52. The number of benzene rings is 1. The number of carbonyl (C=O) groups excluding carboxylic acids is 1. The third kappa shape index (κ3) is 3.99. The number of hydrogen-bond acceptors (Lipinski definition) is 5. The molecule has 0 aliphatic carbocycles. The van der Waals surface area contributed by atoms with E-state index in [0.29, 0.717) is 11.5 Å². The van der Waals surface area contributed by atoms with Gasteiger partial charge in [-0.05, 0) is 31.2 Å². The summed E-state index contributed by atoms with van der Waals surface area (Å²) in [5, 5.41) is 13.4. The van der Waals surface area contributed by atoms with Gasteiger partial charge in [0, 0.05) is 24.5 Å². The SMILES string of the molecule is C[C@H](Oc1ccc(C#N)c(Cl)c1C(=O)N1Cc2cn(-c3ccccn3)nc2C1)C(F)(F)F. The van der Waals surface area contributed by atoms with Crippen LogP contribution in [0.5, 0.6) is 5.75 Å². The van der Waals surface area contributed by atoms with Crippen molar-refractivity contribution in [1.29, 1.82) is 5.26 Å². The number of fused-ring (bicyclic) bond motifs is 1. The van der Waals surface area contributed by atoms with Crippen molar-refractivity contribution in [1.82, 2.24) is 19.7 Å². The van der Waals surface area contributed by atoms with E-state index in [2.05, 4.69) is 10.1 Å². The zero-order valence-corrected chi connectivity index (χ0v) is 17.4. The maximum Gasteiger partial charge on any atom is 0.425 e. The van der Waals surface area contributed by atoms with Crippen molar-refractivity contribution in [2.24, 2.45) is 0 Å². The first-order valence-corrected chi connectivity index (χ1v) is 9.81. The van der Waals surface area contributed by atoms with Crippen LogP contribution < -0.4 is 4.74 Å². The highest BCUT2D eigenvalue weighted by atomic mass is 35.5. The molecule has 4 rings (SSSR count). The van der Waals surface area contributed by atoms with E-state index < -0.39 is 18.2 Å². The van der Waals surface area contributed by atoms with E-state index in [-0.39, 0.29) is 35.0 Å². The zero-order valence-electron chi connectivity index (χ0n) is 16.6. The third-order valence-electron chi connectivity index (χ3n) is 4.95. The summed E-state index contributed by atoms with van der Waals surface area (Å²) in [4.78, 5) is 18.8. The lowest BCUT2D eigenvalue weighted by Crippen LogP contribution is -2.33. The quantitative estimate of drug-likeness (QED) is 0.579. The monoisotopic (exact) mass is 461 g/mol. The number of nitrogens with zero attached hydrogens (tertiary/aromatic N) is 5. The van der Waals surface area contributed by atoms with Gasteiger partial charge >= 0.3 is 6.18 Å². The standard InChI is InChI=1S/C21H15ClF3N5O2/c1-12(21(23,24)25)32-16-6-5-13(8-26)19(22)18(16)20(31)29-9-14-10-30(28-15(14)11-29)17-4-2-3-7-27-17/h2-7,10,12H,9,11H2,1H3/t12-/m0/s1. The first-order chi connectivity index (χ1) is 15.2. The number of hydrogen-bond donors (Lipinski definition) is 0. The maximum atomic E-state index is 13.2. The second kappa shape index (κ2) is 8.16. The van der Waals surface area contributed by atoms with Gasteiger partial charge in [-0.3, -0.25) is 4.79 Å². The van der Waals surface area contributed by atoms with E-state index >= 15 is 0 Å². The number of rotatable bonds is 4. The maximum absolute atomic E-state index is 13.2. The van der Waals surface area contributed by atoms with Crippen LogP contribution in [0.3, 0.4) is 0 Å². The molecule has 0 radical (unpaired) electrons. The Balaban J connectivity index is 1.62. The van der Waals surface area contributed by atoms with E-state index in [4.69, 9.17) is 16.3 Å². The molecule has 0 spiro atoms. The molecular weight excluding hydrogens is 447 g/mol. The fourth-order valence-corrected chi connectivity index (χ4v) is 3.54. The summed E-state index contributed by atoms with van der Waals surface area (Å²) >= 11 is 6.22. The number of ether oxygens (including phenoxy) is 1. The molecule has 7 nitrogen and oxygen atoms in total. The normalized spacial score (nSPS) is 14.1. The topological polar surface area (TPSA) is 84.0 Å². The van der Waals surface area contributed by atoms with Crippen molar-refractivity contribution in [3.8, 4) is 17.6 Å². The predicted molar refractivity (Wildman–Crippen MR) is 107 cm³/mol. The number of aromatic nitrogens is 3. The van der Waals surface area contributed by atoms with Crippen molar-refractivity contribution in [3.05, 3.63) is 70.1 Å². The molecule has 11 heteroatoms. The van der Waals surface area contributed by atoms with Gasteiger partial charge in [-0.1, -0.05) is 17.7 Å². The smallest absolute Gasteiger partial charge is 0.425 e. The van der Waals surface area contributed by atoms with Crippen LogP contribution in [-0.2, 0) is 13.1 Å². The summed E-state index contributed by atoms with van der Waals surface area (Å²) in [6.45, 7) is 1.12. The minimum absolute atomic E-state index is 0.0423. The summed E-state index contributed by atoms with van der Waals surface area (Å²) in [6.07, 6.45) is -3.44. The summed E-state index contributed by atoms with van der Waals surface area (Å²) < 4.78 is 45.6. The van der Waals surface area contributed by atoms with Crippen LogP contribution in [0.1, 0.15) is 34.1 Å². The van der Waals surface area contributed by atoms with Gasteiger partial charge in [0.25, 0.3) is 5.91 Å². The van der Waals surface area contributed by atoms with Crippen LogP contribution >= 0.6 is 11.6 Å². The number of amides is 1. The highest BCUT2D eigenvalue weighted by Crippen LogP contribution is 2.35. The van der Waals surface area contributed by atoms with Crippen molar-refractivity contribution in [2.75, 3.05) is 0 Å². The molecule has 164 valence electrons. The van der Waals surface area contributed by atoms with E-state index in [1.807, 2.05) is 12.1 Å². The van der Waals surface area contributed by atoms with Gasteiger partial charge in [-0.2, -0.15) is 23.5 Å². The summed E-state index contributed by atoms with van der Waals surface area (Å²) in [7, 11) is 0. The van der Waals surface area contributed by atoms with Crippen molar-refractivity contribution in [3.63, 3.8) is 0 Å². The minimum atomic E-state index is -4.64. The van der Waals surface area contributed by atoms with E-state index in [9.17, 15) is 23.2 Å². The molecule has 0 unspecified atom stereocenters. The number of nitriles is 1. The lowest BCUT2D eigenvalue weighted by atomic mass is 10.1. The lowest BCUT2D eigenvalue weighted by Gasteiger charge is -2.23. The Bertz CT molecular complexity index is 1200. The Morgan fingerprint density at radius 3 is 2.69 bits per heavy atom. The van der Waals surface area contributed by atoms with Gasteiger partial charge in [-0.25, -0.2) is 9.67 Å². The first kappa shape index (κ1) is 21.6.